The van der Waals surface area contributed by atoms with Gasteiger partial charge in [0, 0.05) is 11.5 Å². The van der Waals surface area contributed by atoms with Gasteiger partial charge in [0.15, 0.2) is 0 Å². The van der Waals surface area contributed by atoms with E-state index in [-0.39, 0.29) is 4.27 Å². The molecular weight excluding hydrogens is 256 g/mol. The average Bonchev–Trinajstić information content (AvgIpc) is 2.30. The van der Waals surface area contributed by atoms with Crippen molar-refractivity contribution in [1.82, 2.24) is 0 Å². The van der Waals surface area contributed by atoms with Crippen LogP contribution in [0.3, 0.4) is 0 Å². The molecule has 1 spiro atoms. The van der Waals surface area contributed by atoms with E-state index in [9.17, 15) is 0 Å². The molecule has 14 heavy (non-hydrogen) atoms. The van der Waals surface area contributed by atoms with Crippen LogP contribution in [0.15, 0.2) is 0 Å². The smallest absolute Gasteiger partial charge is 0.203 e. The second kappa shape index (κ2) is 5.10. The molecule has 3 unspecified atom stereocenters. The summed E-state index contributed by atoms with van der Waals surface area (Å²) in [6.45, 7) is 4.96. The summed E-state index contributed by atoms with van der Waals surface area (Å²) in [5.74, 6) is 2.13. The summed E-state index contributed by atoms with van der Waals surface area (Å²) in [5.41, 5.74) is 0. The molecule has 0 saturated carbocycles. The van der Waals surface area contributed by atoms with Crippen LogP contribution in [0.5, 0.6) is 0 Å². The minimum Gasteiger partial charge on any atom is -0.373 e. The van der Waals surface area contributed by atoms with Crippen LogP contribution in [-0.2, 0) is 9.47 Å². The van der Waals surface area contributed by atoms with Gasteiger partial charge in [-0.25, -0.2) is 0 Å². The van der Waals surface area contributed by atoms with Gasteiger partial charge in [0.05, 0.1) is 18.8 Å². The normalized spacial score (nSPS) is 45.0. The lowest BCUT2D eigenvalue weighted by atomic mass is 10.4. The van der Waals surface area contributed by atoms with Gasteiger partial charge in [0.1, 0.15) is 0 Å². The molecule has 2 nitrogen and oxygen atoms in total. The third kappa shape index (κ3) is 2.92. The first-order valence-corrected chi connectivity index (χ1v) is 9.25. The SMILES string of the molecule is CC1CSSC2(CO1)OC(C)CSS2. The average molecular weight is 270 g/mol. The molecular formula is C8H14O2S4. The van der Waals surface area contributed by atoms with Gasteiger partial charge in [-0.15, -0.1) is 0 Å². The molecule has 0 bridgehead atoms. The van der Waals surface area contributed by atoms with Gasteiger partial charge in [-0.05, 0) is 35.4 Å². The van der Waals surface area contributed by atoms with Gasteiger partial charge >= 0.3 is 0 Å². The zero-order valence-corrected chi connectivity index (χ0v) is 11.5. The Morgan fingerprint density at radius 3 is 2.36 bits per heavy atom. The van der Waals surface area contributed by atoms with Crippen LogP contribution in [0.2, 0.25) is 0 Å². The van der Waals surface area contributed by atoms with E-state index in [0.29, 0.717) is 18.8 Å². The quantitative estimate of drug-likeness (QED) is 0.625. The van der Waals surface area contributed by atoms with Crippen molar-refractivity contribution in [3.05, 3.63) is 0 Å². The van der Waals surface area contributed by atoms with E-state index in [2.05, 4.69) is 13.8 Å². The number of ether oxygens (including phenoxy) is 2. The van der Waals surface area contributed by atoms with Crippen molar-refractivity contribution in [2.24, 2.45) is 0 Å². The summed E-state index contributed by atoms with van der Waals surface area (Å²) in [7, 11) is 7.40. The van der Waals surface area contributed by atoms with Gasteiger partial charge in [-0.3, -0.25) is 0 Å². The zero-order valence-electron chi connectivity index (χ0n) is 8.23. The highest BCUT2D eigenvalue weighted by molar-refractivity contribution is 8.85. The van der Waals surface area contributed by atoms with Gasteiger partial charge in [0.25, 0.3) is 0 Å². The molecule has 2 rings (SSSR count). The molecule has 2 fully saturated rings. The van der Waals surface area contributed by atoms with Crippen molar-refractivity contribution in [3.63, 3.8) is 0 Å². The standard InChI is InChI=1S/C8H14O2S4/c1-6-3-11-13-8(5-9-6)10-7(2)4-12-14-8/h6-7H,3-5H2,1-2H3. The Kier molecular flexibility index (Phi) is 4.30. The minimum absolute atomic E-state index is 0.169. The van der Waals surface area contributed by atoms with E-state index in [1.54, 1.807) is 0 Å². The Hall–Kier alpha value is 1.32. The molecule has 0 radical (unpaired) electrons. The lowest BCUT2D eigenvalue weighted by Crippen LogP contribution is -2.36. The second-order valence-corrected chi connectivity index (χ2v) is 8.93. The van der Waals surface area contributed by atoms with Crippen molar-refractivity contribution >= 4 is 43.2 Å². The molecule has 0 aliphatic carbocycles. The van der Waals surface area contributed by atoms with E-state index >= 15 is 0 Å². The number of hydrogen-bond donors (Lipinski definition) is 0. The highest BCUT2D eigenvalue weighted by atomic mass is 33.1. The van der Waals surface area contributed by atoms with Gasteiger partial charge in [-0.2, -0.15) is 0 Å². The van der Waals surface area contributed by atoms with Gasteiger partial charge in [0.2, 0.25) is 4.27 Å². The summed E-state index contributed by atoms with van der Waals surface area (Å²) in [6.07, 6.45) is 0.685. The number of hydrogen-bond acceptors (Lipinski definition) is 6. The molecule has 2 aliphatic heterocycles. The summed E-state index contributed by atoms with van der Waals surface area (Å²) >= 11 is 0. The highest BCUT2D eigenvalue weighted by Gasteiger charge is 2.41. The lowest BCUT2D eigenvalue weighted by Gasteiger charge is -2.36. The van der Waals surface area contributed by atoms with Crippen LogP contribution in [0.1, 0.15) is 13.8 Å². The van der Waals surface area contributed by atoms with Crippen LogP contribution in [0, 0.1) is 0 Å². The first-order chi connectivity index (χ1) is 6.70. The van der Waals surface area contributed by atoms with E-state index in [1.165, 1.54) is 0 Å². The van der Waals surface area contributed by atoms with Crippen molar-refractivity contribution in [1.29, 1.82) is 0 Å². The molecule has 0 amide bonds. The maximum absolute atomic E-state index is 6.00. The molecule has 0 aromatic rings. The minimum atomic E-state index is -0.169. The van der Waals surface area contributed by atoms with Crippen molar-refractivity contribution in [2.75, 3.05) is 18.1 Å². The van der Waals surface area contributed by atoms with Crippen LogP contribution in [0.4, 0.5) is 0 Å². The summed E-state index contributed by atoms with van der Waals surface area (Å²) in [4.78, 5) is 0. The Labute approximate surface area is 101 Å². The molecule has 2 saturated heterocycles. The summed E-state index contributed by atoms with van der Waals surface area (Å²) in [5, 5.41) is 0. The largest absolute Gasteiger partial charge is 0.373 e. The highest BCUT2D eigenvalue weighted by Crippen LogP contribution is 2.55. The fourth-order valence-corrected chi connectivity index (χ4v) is 8.03. The molecule has 0 N–H and O–H groups in total. The molecule has 2 heterocycles. The van der Waals surface area contributed by atoms with E-state index in [4.69, 9.17) is 9.47 Å². The van der Waals surface area contributed by atoms with E-state index in [1.807, 2.05) is 43.2 Å². The van der Waals surface area contributed by atoms with Gasteiger partial charge in [-0.1, -0.05) is 21.6 Å². The van der Waals surface area contributed by atoms with Gasteiger partial charge < -0.3 is 9.47 Å². The van der Waals surface area contributed by atoms with Crippen LogP contribution < -0.4 is 0 Å². The van der Waals surface area contributed by atoms with Crippen molar-refractivity contribution in [2.45, 2.75) is 30.3 Å². The first kappa shape index (κ1) is 11.8. The molecule has 6 heteroatoms. The lowest BCUT2D eigenvalue weighted by molar-refractivity contribution is -0.0306. The van der Waals surface area contributed by atoms with Crippen molar-refractivity contribution < 1.29 is 9.47 Å². The monoisotopic (exact) mass is 270 g/mol. The van der Waals surface area contributed by atoms with E-state index < -0.39 is 0 Å². The Bertz CT molecular complexity index is 204. The predicted octanol–water partition coefficient (Wildman–Crippen LogP) is 3.24. The van der Waals surface area contributed by atoms with E-state index in [0.717, 1.165) is 11.5 Å². The molecule has 3 atom stereocenters. The Morgan fingerprint density at radius 1 is 1.07 bits per heavy atom. The third-order valence-electron chi connectivity index (χ3n) is 1.90. The third-order valence-corrected chi connectivity index (χ3v) is 8.56. The predicted molar refractivity (Wildman–Crippen MR) is 68.8 cm³/mol. The zero-order chi connectivity index (χ0) is 10.0. The second-order valence-electron chi connectivity index (χ2n) is 3.47. The van der Waals surface area contributed by atoms with Crippen LogP contribution >= 0.6 is 43.2 Å². The maximum Gasteiger partial charge on any atom is 0.203 e. The van der Waals surface area contributed by atoms with Crippen molar-refractivity contribution in [3.8, 4) is 0 Å². The van der Waals surface area contributed by atoms with Crippen LogP contribution in [0.25, 0.3) is 0 Å². The molecule has 0 aromatic carbocycles. The Morgan fingerprint density at radius 2 is 1.71 bits per heavy atom. The van der Waals surface area contributed by atoms with Crippen LogP contribution in [-0.4, -0.2) is 34.6 Å². The molecule has 0 aromatic heterocycles. The Balaban J connectivity index is 1.99. The molecule has 2 aliphatic rings. The maximum atomic E-state index is 6.00. The summed E-state index contributed by atoms with van der Waals surface area (Å²) in [6, 6.07) is 0. The first-order valence-electron chi connectivity index (χ1n) is 4.61. The topological polar surface area (TPSA) is 18.5 Å². The fraction of sp³-hybridized carbons (Fsp3) is 1.00. The number of rotatable bonds is 0. The molecule has 82 valence electrons. The summed E-state index contributed by atoms with van der Waals surface area (Å²) < 4.78 is 11.6. The fourth-order valence-electron chi connectivity index (χ4n) is 1.21.